The Hall–Kier alpha value is -1.34. The SMILES string of the molecule is NS(=O)(=O)CCNc1ccc(N2CCCC2)c(F)c1. The first-order valence-electron chi connectivity index (χ1n) is 6.24. The summed E-state index contributed by atoms with van der Waals surface area (Å²) in [6, 6.07) is 4.86. The molecule has 0 radical (unpaired) electrons. The van der Waals surface area contributed by atoms with Gasteiger partial charge in [-0.1, -0.05) is 0 Å². The molecule has 1 heterocycles. The summed E-state index contributed by atoms with van der Waals surface area (Å²) in [5.41, 5.74) is 1.17. The summed E-state index contributed by atoms with van der Waals surface area (Å²) < 4.78 is 35.5. The van der Waals surface area contributed by atoms with Gasteiger partial charge in [0.1, 0.15) is 5.82 Å². The molecule has 0 bridgehead atoms. The summed E-state index contributed by atoms with van der Waals surface area (Å²) in [5.74, 6) is -0.467. The van der Waals surface area contributed by atoms with Crippen LogP contribution in [0.2, 0.25) is 0 Å². The molecule has 19 heavy (non-hydrogen) atoms. The maximum absolute atomic E-state index is 13.9. The fraction of sp³-hybridized carbons (Fsp3) is 0.500. The lowest BCUT2D eigenvalue weighted by Crippen LogP contribution is -2.22. The van der Waals surface area contributed by atoms with Crippen molar-refractivity contribution in [3.05, 3.63) is 24.0 Å². The summed E-state index contributed by atoms with van der Waals surface area (Å²) in [6.07, 6.45) is 2.18. The standard InChI is InChI=1S/C12H18FN3O2S/c13-11-9-10(15-5-8-19(14,17)18)3-4-12(11)16-6-1-2-7-16/h3-4,9,15H,1-2,5-8H2,(H2,14,17,18). The van der Waals surface area contributed by atoms with Crippen molar-refractivity contribution in [2.24, 2.45) is 5.14 Å². The Morgan fingerprint density at radius 2 is 2.00 bits per heavy atom. The van der Waals surface area contributed by atoms with Gasteiger partial charge in [0.15, 0.2) is 0 Å². The summed E-state index contributed by atoms with van der Waals surface area (Å²) in [5, 5.41) is 7.73. The van der Waals surface area contributed by atoms with Crippen LogP contribution in [0, 0.1) is 5.82 Å². The summed E-state index contributed by atoms with van der Waals surface area (Å²) in [7, 11) is -3.49. The largest absolute Gasteiger partial charge is 0.384 e. The second-order valence-corrected chi connectivity index (χ2v) is 6.39. The number of nitrogens with two attached hydrogens (primary N) is 1. The van der Waals surface area contributed by atoms with Crippen molar-refractivity contribution < 1.29 is 12.8 Å². The molecule has 2 rings (SSSR count). The smallest absolute Gasteiger partial charge is 0.210 e. The zero-order valence-electron chi connectivity index (χ0n) is 10.6. The normalized spacial score (nSPS) is 15.8. The van der Waals surface area contributed by atoms with Gasteiger partial charge in [-0.2, -0.15) is 0 Å². The van der Waals surface area contributed by atoms with Gasteiger partial charge in [-0.15, -0.1) is 0 Å². The third-order valence-electron chi connectivity index (χ3n) is 3.11. The van der Waals surface area contributed by atoms with Crippen LogP contribution < -0.4 is 15.4 Å². The van der Waals surface area contributed by atoms with Gasteiger partial charge in [0.05, 0.1) is 11.4 Å². The van der Waals surface area contributed by atoms with Crippen molar-refractivity contribution >= 4 is 21.4 Å². The Bertz CT molecular complexity index is 542. The van der Waals surface area contributed by atoms with E-state index >= 15 is 0 Å². The number of primary sulfonamides is 1. The van der Waals surface area contributed by atoms with Gasteiger partial charge < -0.3 is 10.2 Å². The highest BCUT2D eigenvalue weighted by atomic mass is 32.2. The highest BCUT2D eigenvalue weighted by Gasteiger charge is 2.16. The lowest BCUT2D eigenvalue weighted by atomic mass is 10.2. The minimum Gasteiger partial charge on any atom is -0.384 e. The van der Waals surface area contributed by atoms with E-state index in [0.29, 0.717) is 11.4 Å². The fourth-order valence-electron chi connectivity index (χ4n) is 2.17. The van der Waals surface area contributed by atoms with Crippen LogP contribution in [-0.4, -0.2) is 33.8 Å². The zero-order chi connectivity index (χ0) is 13.9. The molecule has 1 aliphatic rings. The number of sulfonamides is 1. The first-order chi connectivity index (χ1) is 8.96. The topological polar surface area (TPSA) is 75.4 Å². The van der Waals surface area contributed by atoms with Crippen molar-refractivity contribution in [3.8, 4) is 0 Å². The number of benzene rings is 1. The van der Waals surface area contributed by atoms with Crippen molar-refractivity contribution in [1.82, 2.24) is 0 Å². The molecule has 0 amide bonds. The number of hydrogen-bond acceptors (Lipinski definition) is 4. The molecule has 1 saturated heterocycles. The quantitative estimate of drug-likeness (QED) is 0.851. The number of anilines is 2. The van der Waals surface area contributed by atoms with E-state index in [1.165, 1.54) is 6.07 Å². The van der Waals surface area contributed by atoms with Gasteiger partial charge in [0, 0.05) is 25.3 Å². The Kier molecular flexibility index (Phi) is 4.26. The first-order valence-corrected chi connectivity index (χ1v) is 7.96. The molecule has 0 atom stereocenters. The van der Waals surface area contributed by atoms with E-state index in [-0.39, 0.29) is 18.1 Å². The second-order valence-electron chi connectivity index (χ2n) is 4.65. The molecule has 5 nitrogen and oxygen atoms in total. The Balaban J connectivity index is 1.98. The van der Waals surface area contributed by atoms with Crippen molar-refractivity contribution in [2.75, 3.05) is 35.6 Å². The molecule has 1 aliphatic heterocycles. The lowest BCUT2D eigenvalue weighted by molar-refractivity contribution is 0.598. The van der Waals surface area contributed by atoms with Crippen molar-refractivity contribution in [2.45, 2.75) is 12.8 Å². The molecule has 1 aromatic rings. The Morgan fingerprint density at radius 1 is 1.32 bits per heavy atom. The molecular formula is C12H18FN3O2S. The average molecular weight is 287 g/mol. The lowest BCUT2D eigenvalue weighted by Gasteiger charge is -2.19. The van der Waals surface area contributed by atoms with E-state index in [2.05, 4.69) is 5.32 Å². The molecule has 0 aliphatic carbocycles. The maximum Gasteiger partial charge on any atom is 0.210 e. The van der Waals surface area contributed by atoms with Gasteiger partial charge in [0.25, 0.3) is 0 Å². The zero-order valence-corrected chi connectivity index (χ0v) is 11.4. The summed E-state index contributed by atoms with van der Waals surface area (Å²) >= 11 is 0. The van der Waals surface area contributed by atoms with Crippen LogP contribution in [-0.2, 0) is 10.0 Å². The Morgan fingerprint density at radius 3 is 2.58 bits per heavy atom. The molecule has 106 valence electrons. The van der Waals surface area contributed by atoms with Crippen molar-refractivity contribution in [1.29, 1.82) is 0 Å². The monoisotopic (exact) mass is 287 g/mol. The minimum atomic E-state index is -3.49. The van der Waals surface area contributed by atoms with Crippen LogP contribution in [0.25, 0.3) is 0 Å². The average Bonchev–Trinajstić information content (AvgIpc) is 2.81. The van der Waals surface area contributed by atoms with Crippen molar-refractivity contribution in [3.63, 3.8) is 0 Å². The first kappa shape index (κ1) is 14.1. The predicted octanol–water partition coefficient (Wildman–Crippen LogP) is 1.13. The van der Waals surface area contributed by atoms with Gasteiger partial charge in [0.2, 0.25) is 10.0 Å². The van der Waals surface area contributed by atoms with Gasteiger partial charge in [-0.05, 0) is 31.0 Å². The molecule has 7 heteroatoms. The van der Waals surface area contributed by atoms with Crippen LogP contribution >= 0.6 is 0 Å². The third-order valence-corrected chi connectivity index (χ3v) is 3.88. The highest BCUT2D eigenvalue weighted by Crippen LogP contribution is 2.25. The number of rotatable bonds is 5. The number of hydrogen-bond donors (Lipinski definition) is 2. The molecule has 0 unspecified atom stereocenters. The number of halogens is 1. The summed E-state index contributed by atoms with van der Waals surface area (Å²) in [6.45, 7) is 1.94. The van der Waals surface area contributed by atoms with Gasteiger partial charge >= 0.3 is 0 Å². The van der Waals surface area contributed by atoms with E-state index < -0.39 is 10.0 Å². The van der Waals surface area contributed by atoms with Gasteiger partial charge in [-0.25, -0.2) is 17.9 Å². The van der Waals surface area contributed by atoms with Gasteiger partial charge in [-0.3, -0.25) is 0 Å². The van der Waals surface area contributed by atoms with Crippen LogP contribution in [0.15, 0.2) is 18.2 Å². The Labute approximate surface area is 112 Å². The van der Waals surface area contributed by atoms with Crippen LogP contribution in [0.1, 0.15) is 12.8 Å². The number of nitrogens with zero attached hydrogens (tertiary/aromatic N) is 1. The second kappa shape index (κ2) is 5.75. The molecular weight excluding hydrogens is 269 g/mol. The highest BCUT2D eigenvalue weighted by molar-refractivity contribution is 7.89. The van der Waals surface area contributed by atoms with E-state index in [4.69, 9.17) is 5.14 Å². The minimum absolute atomic E-state index is 0.168. The van der Waals surface area contributed by atoms with Crippen LogP contribution in [0.4, 0.5) is 15.8 Å². The molecule has 0 spiro atoms. The van der Waals surface area contributed by atoms with Crippen LogP contribution in [0.3, 0.4) is 0 Å². The molecule has 0 saturated carbocycles. The van der Waals surface area contributed by atoms with Crippen LogP contribution in [0.5, 0.6) is 0 Å². The summed E-state index contributed by atoms with van der Waals surface area (Å²) in [4.78, 5) is 2.02. The maximum atomic E-state index is 13.9. The van der Waals surface area contributed by atoms with E-state index in [0.717, 1.165) is 25.9 Å². The van der Waals surface area contributed by atoms with E-state index in [1.54, 1.807) is 12.1 Å². The third kappa shape index (κ3) is 4.07. The fourth-order valence-corrected chi connectivity index (χ4v) is 2.56. The molecule has 1 fully saturated rings. The molecule has 0 aromatic heterocycles. The van der Waals surface area contributed by atoms with E-state index in [1.807, 2.05) is 4.90 Å². The predicted molar refractivity (Wildman–Crippen MR) is 74.3 cm³/mol. The molecule has 1 aromatic carbocycles. The number of nitrogens with one attached hydrogen (secondary N) is 1. The van der Waals surface area contributed by atoms with E-state index in [9.17, 15) is 12.8 Å². The molecule has 3 N–H and O–H groups in total.